The molecule has 2 aromatic rings. The number of aromatic nitrogens is 3. The van der Waals surface area contributed by atoms with Crippen molar-refractivity contribution in [1.82, 2.24) is 15.0 Å². The fourth-order valence-electron chi connectivity index (χ4n) is 2.63. The van der Waals surface area contributed by atoms with Crippen LogP contribution in [0.5, 0.6) is 0 Å². The van der Waals surface area contributed by atoms with Gasteiger partial charge in [0.25, 0.3) is 0 Å². The van der Waals surface area contributed by atoms with Crippen LogP contribution < -0.4 is 5.32 Å². The third kappa shape index (κ3) is 2.18. The van der Waals surface area contributed by atoms with Gasteiger partial charge in [0, 0.05) is 24.5 Å². The molecule has 19 heavy (non-hydrogen) atoms. The third-order valence-electron chi connectivity index (χ3n) is 3.64. The van der Waals surface area contributed by atoms with Crippen molar-refractivity contribution in [2.75, 3.05) is 12.4 Å². The highest BCUT2D eigenvalue weighted by molar-refractivity contribution is 5.59. The molecule has 0 unspecified atom stereocenters. The van der Waals surface area contributed by atoms with Gasteiger partial charge in [0.1, 0.15) is 11.5 Å². The first-order valence-corrected chi connectivity index (χ1v) is 6.79. The van der Waals surface area contributed by atoms with Gasteiger partial charge in [-0.05, 0) is 44.2 Å². The van der Waals surface area contributed by atoms with Gasteiger partial charge in [-0.15, -0.1) is 0 Å². The number of pyridine rings is 1. The first kappa shape index (κ1) is 12.1. The third-order valence-corrected chi connectivity index (χ3v) is 3.64. The van der Waals surface area contributed by atoms with Crippen LogP contribution in [0.15, 0.2) is 18.3 Å². The number of aryl methyl sites for hydroxylation is 2. The van der Waals surface area contributed by atoms with Gasteiger partial charge in [-0.2, -0.15) is 0 Å². The number of hydrogen-bond donors (Lipinski definition) is 1. The van der Waals surface area contributed by atoms with Crippen LogP contribution in [-0.2, 0) is 12.8 Å². The summed E-state index contributed by atoms with van der Waals surface area (Å²) in [5.74, 6) is 1.70. The number of hydrogen-bond acceptors (Lipinski definition) is 4. The summed E-state index contributed by atoms with van der Waals surface area (Å²) in [6, 6.07) is 3.99. The standard InChI is InChI=1S/C15H18N4/c1-10-6-5-9-17-13(10)15-18-12-8-4-3-7-11(12)14(16-2)19-15/h5-6,9H,3-4,7-8H2,1-2H3,(H,16,18,19). The average Bonchev–Trinajstić information content (AvgIpc) is 2.46. The summed E-state index contributed by atoms with van der Waals surface area (Å²) in [5.41, 5.74) is 4.46. The van der Waals surface area contributed by atoms with E-state index in [9.17, 15) is 0 Å². The quantitative estimate of drug-likeness (QED) is 0.895. The highest BCUT2D eigenvalue weighted by Crippen LogP contribution is 2.28. The lowest BCUT2D eigenvalue weighted by atomic mass is 9.96. The van der Waals surface area contributed by atoms with Crippen LogP contribution >= 0.6 is 0 Å². The zero-order valence-corrected chi connectivity index (χ0v) is 11.4. The summed E-state index contributed by atoms with van der Waals surface area (Å²) in [7, 11) is 1.92. The number of rotatable bonds is 2. The van der Waals surface area contributed by atoms with Crippen molar-refractivity contribution in [3.8, 4) is 11.5 Å². The van der Waals surface area contributed by atoms with Crippen molar-refractivity contribution < 1.29 is 0 Å². The Morgan fingerprint density at radius 3 is 2.79 bits per heavy atom. The number of fused-ring (bicyclic) bond motifs is 1. The van der Waals surface area contributed by atoms with Gasteiger partial charge in [-0.1, -0.05) is 6.07 Å². The minimum absolute atomic E-state index is 0.739. The van der Waals surface area contributed by atoms with E-state index >= 15 is 0 Å². The summed E-state index contributed by atoms with van der Waals surface area (Å²) in [6.45, 7) is 2.05. The summed E-state index contributed by atoms with van der Waals surface area (Å²) in [4.78, 5) is 13.8. The molecule has 4 nitrogen and oxygen atoms in total. The molecule has 0 spiro atoms. The highest BCUT2D eigenvalue weighted by Gasteiger charge is 2.18. The maximum Gasteiger partial charge on any atom is 0.180 e. The summed E-state index contributed by atoms with van der Waals surface area (Å²) >= 11 is 0. The second-order valence-corrected chi connectivity index (χ2v) is 4.95. The first-order chi connectivity index (χ1) is 9.29. The summed E-state index contributed by atoms with van der Waals surface area (Å²) in [6.07, 6.45) is 6.36. The van der Waals surface area contributed by atoms with Gasteiger partial charge in [-0.25, -0.2) is 9.97 Å². The molecule has 0 fully saturated rings. The Hall–Kier alpha value is -1.97. The summed E-state index contributed by atoms with van der Waals surface area (Å²) < 4.78 is 0. The lowest BCUT2D eigenvalue weighted by Crippen LogP contribution is -2.12. The Morgan fingerprint density at radius 2 is 2.00 bits per heavy atom. The molecule has 1 aliphatic carbocycles. The molecule has 0 atom stereocenters. The lowest BCUT2D eigenvalue weighted by Gasteiger charge is -2.18. The predicted molar refractivity (Wildman–Crippen MR) is 76.2 cm³/mol. The molecule has 1 aliphatic rings. The largest absolute Gasteiger partial charge is 0.373 e. The number of anilines is 1. The Kier molecular flexibility index (Phi) is 3.15. The normalized spacial score (nSPS) is 14.0. The van der Waals surface area contributed by atoms with Gasteiger partial charge in [0.05, 0.1) is 0 Å². The molecular formula is C15H18N4. The van der Waals surface area contributed by atoms with E-state index < -0.39 is 0 Å². The lowest BCUT2D eigenvalue weighted by molar-refractivity contribution is 0.665. The fourth-order valence-corrected chi connectivity index (χ4v) is 2.63. The second-order valence-electron chi connectivity index (χ2n) is 4.95. The zero-order valence-electron chi connectivity index (χ0n) is 11.4. The Labute approximate surface area is 113 Å². The Balaban J connectivity index is 2.15. The summed E-state index contributed by atoms with van der Waals surface area (Å²) in [5, 5.41) is 3.21. The van der Waals surface area contributed by atoms with Crippen LogP contribution in [0.3, 0.4) is 0 Å². The van der Waals surface area contributed by atoms with Crippen LogP contribution in [0.4, 0.5) is 5.82 Å². The Bertz CT molecular complexity index is 590. The molecule has 0 amide bonds. The van der Waals surface area contributed by atoms with Crippen molar-refractivity contribution in [1.29, 1.82) is 0 Å². The maximum absolute atomic E-state index is 4.74. The van der Waals surface area contributed by atoms with E-state index in [-0.39, 0.29) is 0 Å². The molecular weight excluding hydrogens is 236 g/mol. The van der Waals surface area contributed by atoms with E-state index in [2.05, 4.69) is 15.3 Å². The topological polar surface area (TPSA) is 50.7 Å². The monoisotopic (exact) mass is 254 g/mol. The zero-order chi connectivity index (χ0) is 13.2. The van der Waals surface area contributed by atoms with Gasteiger partial charge in [0.15, 0.2) is 5.82 Å². The van der Waals surface area contributed by atoms with Gasteiger partial charge < -0.3 is 5.32 Å². The molecule has 4 heteroatoms. The van der Waals surface area contributed by atoms with Crippen LogP contribution in [0, 0.1) is 6.92 Å². The van der Waals surface area contributed by atoms with Crippen molar-refractivity contribution in [3.63, 3.8) is 0 Å². The highest BCUT2D eigenvalue weighted by atomic mass is 15.0. The van der Waals surface area contributed by atoms with Crippen molar-refractivity contribution >= 4 is 5.82 Å². The van der Waals surface area contributed by atoms with Gasteiger partial charge in [0.2, 0.25) is 0 Å². The second kappa shape index (κ2) is 4.96. The van der Waals surface area contributed by atoms with Gasteiger partial charge in [-0.3, -0.25) is 4.98 Å². The van der Waals surface area contributed by atoms with E-state index in [1.54, 1.807) is 6.20 Å². The van der Waals surface area contributed by atoms with E-state index in [4.69, 9.17) is 4.98 Å². The van der Waals surface area contributed by atoms with E-state index in [0.29, 0.717) is 0 Å². The molecule has 2 aromatic heterocycles. The van der Waals surface area contributed by atoms with Crippen LogP contribution in [0.2, 0.25) is 0 Å². The molecule has 2 heterocycles. The van der Waals surface area contributed by atoms with Crippen LogP contribution in [-0.4, -0.2) is 22.0 Å². The van der Waals surface area contributed by atoms with Crippen LogP contribution in [0.25, 0.3) is 11.5 Å². The average molecular weight is 254 g/mol. The molecule has 0 saturated carbocycles. The minimum atomic E-state index is 0.739. The number of nitrogens with zero attached hydrogens (tertiary/aromatic N) is 3. The van der Waals surface area contributed by atoms with Crippen molar-refractivity contribution in [3.05, 3.63) is 35.2 Å². The van der Waals surface area contributed by atoms with Gasteiger partial charge >= 0.3 is 0 Å². The van der Waals surface area contributed by atoms with E-state index in [1.807, 2.05) is 26.1 Å². The number of nitrogens with one attached hydrogen (secondary N) is 1. The predicted octanol–water partition coefficient (Wildman–Crippen LogP) is 2.77. The minimum Gasteiger partial charge on any atom is -0.373 e. The van der Waals surface area contributed by atoms with E-state index in [1.165, 1.54) is 24.1 Å². The van der Waals surface area contributed by atoms with Crippen molar-refractivity contribution in [2.24, 2.45) is 0 Å². The first-order valence-electron chi connectivity index (χ1n) is 6.79. The molecule has 1 N–H and O–H groups in total. The maximum atomic E-state index is 4.74. The molecule has 0 aromatic carbocycles. The fraction of sp³-hybridized carbons (Fsp3) is 0.400. The van der Waals surface area contributed by atoms with Crippen LogP contribution in [0.1, 0.15) is 29.7 Å². The SMILES string of the molecule is CNc1nc(-c2ncccc2C)nc2c1CCCC2. The molecule has 98 valence electrons. The molecule has 0 aliphatic heterocycles. The Morgan fingerprint density at radius 1 is 1.16 bits per heavy atom. The van der Waals surface area contributed by atoms with Crippen molar-refractivity contribution in [2.45, 2.75) is 32.6 Å². The molecule has 0 radical (unpaired) electrons. The smallest absolute Gasteiger partial charge is 0.180 e. The molecule has 3 rings (SSSR count). The molecule has 0 saturated heterocycles. The van der Waals surface area contributed by atoms with E-state index in [0.717, 1.165) is 35.7 Å². The molecule has 0 bridgehead atoms.